The maximum absolute atomic E-state index is 5.76. The van der Waals surface area contributed by atoms with Gasteiger partial charge in [0.15, 0.2) is 0 Å². The van der Waals surface area contributed by atoms with Crippen LogP contribution in [-0.4, -0.2) is 33.8 Å². The van der Waals surface area contributed by atoms with Gasteiger partial charge in [-0.2, -0.15) is 5.10 Å². The fourth-order valence-corrected chi connectivity index (χ4v) is 2.36. The van der Waals surface area contributed by atoms with Crippen molar-refractivity contribution in [3.8, 4) is 0 Å². The Bertz CT molecular complexity index is 307. The van der Waals surface area contributed by atoms with Crippen molar-refractivity contribution in [1.82, 2.24) is 14.7 Å². The molecule has 2 heterocycles. The van der Waals surface area contributed by atoms with Gasteiger partial charge in [0.05, 0.1) is 5.69 Å². The van der Waals surface area contributed by atoms with Crippen molar-refractivity contribution in [3.05, 3.63) is 18.0 Å². The summed E-state index contributed by atoms with van der Waals surface area (Å²) in [6.45, 7) is 6.02. The summed E-state index contributed by atoms with van der Waals surface area (Å²) in [6, 6.07) is 2.68. The summed E-state index contributed by atoms with van der Waals surface area (Å²) in [5.74, 6) is 0. The van der Waals surface area contributed by atoms with Gasteiger partial charge in [-0.05, 0) is 32.4 Å². The predicted octanol–water partition coefficient (Wildman–Crippen LogP) is 0.826. The smallest absolute Gasteiger partial charge is 0.0524 e. The standard InChI is InChI=1S/C11H20N4/c1-2-15-11(5-6-13-15)9-14-7-3-4-10(14)8-12/h5-6,10H,2-4,7-9,12H2,1H3. The molecule has 0 spiro atoms. The molecule has 2 N–H and O–H groups in total. The van der Waals surface area contributed by atoms with E-state index in [2.05, 4.69) is 27.7 Å². The van der Waals surface area contributed by atoms with Gasteiger partial charge in [-0.15, -0.1) is 0 Å². The minimum absolute atomic E-state index is 0.574. The largest absolute Gasteiger partial charge is 0.329 e. The molecule has 4 heteroatoms. The summed E-state index contributed by atoms with van der Waals surface area (Å²) in [5, 5.41) is 4.29. The average molecular weight is 208 g/mol. The fraction of sp³-hybridized carbons (Fsp3) is 0.727. The van der Waals surface area contributed by atoms with E-state index in [4.69, 9.17) is 5.73 Å². The third-order valence-corrected chi connectivity index (χ3v) is 3.24. The molecule has 0 bridgehead atoms. The van der Waals surface area contributed by atoms with E-state index in [1.54, 1.807) is 0 Å². The van der Waals surface area contributed by atoms with Gasteiger partial charge >= 0.3 is 0 Å². The van der Waals surface area contributed by atoms with Crippen LogP contribution in [0.3, 0.4) is 0 Å². The SMILES string of the molecule is CCn1nccc1CN1CCCC1CN. The van der Waals surface area contributed by atoms with Crippen molar-refractivity contribution < 1.29 is 0 Å². The summed E-state index contributed by atoms with van der Waals surface area (Å²) >= 11 is 0. The molecule has 1 aromatic heterocycles. The predicted molar refractivity (Wildman–Crippen MR) is 60.4 cm³/mol. The Labute approximate surface area is 91.1 Å². The molecule has 1 aromatic rings. The molecule has 15 heavy (non-hydrogen) atoms. The quantitative estimate of drug-likeness (QED) is 0.797. The Morgan fingerprint density at radius 1 is 1.60 bits per heavy atom. The lowest BCUT2D eigenvalue weighted by atomic mass is 10.2. The Morgan fingerprint density at radius 2 is 2.47 bits per heavy atom. The van der Waals surface area contributed by atoms with Crippen molar-refractivity contribution in [2.75, 3.05) is 13.1 Å². The lowest BCUT2D eigenvalue weighted by Gasteiger charge is -2.23. The third kappa shape index (κ3) is 2.21. The summed E-state index contributed by atoms with van der Waals surface area (Å²) < 4.78 is 2.06. The zero-order valence-corrected chi connectivity index (χ0v) is 9.39. The van der Waals surface area contributed by atoms with Crippen molar-refractivity contribution in [3.63, 3.8) is 0 Å². The van der Waals surface area contributed by atoms with Crippen molar-refractivity contribution in [2.24, 2.45) is 5.73 Å². The number of hydrogen-bond acceptors (Lipinski definition) is 3. The van der Waals surface area contributed by atoms with E-state index >= 15 is 0 Å². The first-order valence-corrected chi connectivity index (χ1v) is 5.80. The monoisotopic (exact) mass is 208 g/mol. The van der Waals surface area contributed by atoms with Gasteiger partial charge in [-0.1, -0.05) is 0 Å². The maximum atomic E-state index is 5.76. The number of aryl methyl sites for hydroxylation is 1. The van der Waals surface area contributed by atoms with Crippen molar-refractivity contribution >= 4 is 0 Å². The van der Waals surface area contributed by atoms with Crippen molar-refractivity contribution in [1.29, 1.82) is 0 Å². The van der Waals surface area contributed by atoms with E-state index in [1.165, 1.54) is 25.1 Å². The molecule has 0 radical (unpaired) electrons. The van der Waals surface area contributed by atoms with Crippen LogP contribution in [0, 0.1) is 0 Å². The van der Waals surface area contributed by atoms with Gasteiger partial charge in [0, 0.05) is 31.9 Å². The lowest BCUT2D eigenvalue weighted by molar-refractivity contribution is 0.242. The Balaban J connectivity index is 2.01. The number of nitrogens with two attached hydrogens (primary N) is 1. The zero-order chi connectivity index (χ0) is 10.7. The highest BCUT2D eigenvalue weighted by atomic mass is 15.3. The molecule has 4 nitrogen and oxygen atoms in total. The summed E-state index contributed by atoms with van der Waals surface area (Å²) in [4.78, 5) is 2.48. The van der Waals surface area contributed by atoms with E-state index in [0.29, 0.717) is 6.04 Å². The van der Waals surface area contributed by atoms with Crippen LogP contribution in [0.2, 0.25) is 0 Å². The number of aromatic nitrogens is 2. The molecule has 2 rings (SSSR count). The van der Waals surface area contributed by atoms with Crippen LogP contribution in [0.4, 0.5) is 0 Å². The summed E-state index contributed by atoms with van der Waals surface area (Å²) in [5.41, 5.74) is 7.06. The topological polar surface area (TPSA) is 47.1 Å². The summed E-state index contributed by atoms with van der Waals surface area (Å²) in [6.07, 6.45) is 4.41. The van der Waals surface area contributed by atoms with Crippen LogP contribution in [-0.2, 0) is 13.1 Å². The Hall–Kier alpha value is -0.870. The second-order valence-electron chi connectivity index (χ2n) is 4.14. The van der Waals surface area contributed by atoms with Gasteiger partial charge < -0.3 is 5.73 Å². The molecule has 1 aliphatic rings. The second-order valence-corrected chi connectivity index (χ2v) is 4.14. The normalized spacial score (nSPS) is 22.4. The molecular formula is C11H20N4. The van der Waals surface area contributed by atoms with Gasteiger partial charge in [-0.25, -0.2) is 0 Å². The van der Waals surface area contributed by atoms with Crippen LogP contribution < -0.4 is 5.73 Å². The van der Waals surface area contributed by atoms with Crippen LogP contribution in [0.25, 0.3) is 0 Å². The molecule has 1 unspecified atom stereocenters. The summed E-state index contributed by atoms with van der Waals surface area (Å²) in [7, 11) is 0. The number of likely N-dealkylation sites (tertiary alicyclic amines) is 1. The zero-order valence-electron chi connectivity index (χ0n) is 9.39. The minimum atomic E-state index is 0.574. The molecule has 0 amide bonds. The number of nitrogens with zero attached hydrogens (tertiary/aromatic N) is 3. The first kappa shape index (κ1) is 10.6. The first-order chi connectivity index (χ1) is 7.35. The van der Waals surface area contributed by atoms with E-state index < -0.39 is 0 Å². The molecule has 0 aromatic carbocycles. The molecule has 1 saturated heterocycles. The van der Waals surface area contributed by atoms with Gasteiger partial charge in [0.25, 0.3) is 0 Å². The molecular weight excluding hydrogens is 188 g/mol. The fourth-order valence-electron chi connectivity index (χ4n) is 2.36. The molecule has 0 saturated carbocycles. The maximum Gasteiger partial charge on any atom is 0.0524 e. The van der Waals surface area contributed by atoms with Crippen LogP contribution in [0.5, 0.6) is 0 Å². The Kier molecular flexibility index (Phi) is 3.38. The van der Waals surface area contributed by atoms with Gasteiger partial charge in [-0.3, -0.25) is 9.58 Å². The van der Waals surface area contributed by atoms with E-state index in [0.717, 1.165) is 19.6 Å². The molecule has 1 fully saturated rings. The van der Waals surface area contributed by atoms with E-state index in [9.17, 15) is 0 Å². The Morgan fingerprint density at radius 3 is 3.20 bits per heavy atom. The van der Waals surface area contributed by atoms with Crippen LogP contribution in [0.15, 0.2) is 12.3 Å². The molecule has 1 aliphatic heterocycles. The third-order valence-electron chi connectivity index (χ3n) is 3.24. The highest BCUT2D eigenvalue weighted by Gasteiger charge is 2.23. The lowest BCUT2D eigenvalue weighted by Crippen LogP contribution is -2.35. The number of rotatable bonds is 4. The minimum Gasteiger partial charge on any atom is -0.329 e. The van der Waals surface area contributed by atoms with Gasteiger partial charge in [0.2, 0.25) is 0 Å². The second kappa shape index (κ2) is 4.77. The van der Waals surface area contributed by atoms with Gasteiger partial charge in [0.1, 0.15) is 0 Å². The van der Waals surface area contributed by atoms with Crippen LogP contribution >= 0.6 is 0 Å². The molecule has 1 atom stereocenters. The molecule has 84 valence electrons. The molecule has 0 aliphatic carbocycles. The average Bonchev–Trinajstić information content (AvgIpc) is 2.87. The number of hydrogen-bond donors (Lipinski definition) is 1. The van der Waals surface area contributed by atoms with Crippen LogP contribution in [0.1, 0.15) is 25.5 Å². The van der Waals surface area contributed by atoms with E-state index in [1.807, 2.05) is 6.20 Å². The highest BCUT2D eigenvalue weighted by Crippen LogP contribution is 2.18. The highest BCUT2D eigenvalue weighted by molar-refractivity contribution is 5.01. The van der Waals surface area contributed by atoms with E-state index in [-0.39, 0.29) is 0 Å². The first-order valence-electron chi connectivity index (χ1n) is 5.80. The van der Waals surface area contributed by atoms with Crippen molar-refractivity contribution in [2.45, 2.75) is 38.9 Å².